The van der Waals surface area contributed by atoms with E-state index in [1.54, 1.807) is 6.92 Å². The summed E-state index contributed by atoms with van der Waals surface area (Å²) in [5.74, 6) is -1.18. The molecule has 1 aromatic rings. The minimum absolute atomic E-state index is 0.0386. The van der Waals surface area contributed by atoms with Crippen molar-refractivity contribution in [2.45, 2.75) is 31.2 Å². The molecule has 0 aromatic heterocycles. The van der Waals surface area contributed by atoms with Crippen LogP contribution in [0, 0.1) is 18.3 Å². The van der Waals surface area contributed by atoms with E-state index in [-0.39, 0.29) is 22.4 Å². The number of aromatic carboxylic acids is 1. The lowest BCUT2D eigenvalue weighted by Crippen LogP contribution is -2.32. The summed E-state index contributed by atoms with van der Waals surface area (Å²) in [6.07, 6.45) is 0.0386. The maximum Gasteiger partial charge on any atom is 0.335 e. The maximum absolute atomic E-state index is 12.1. The van der Waals surface area contributed by atoms with Gasteiger partial charge in [-0.2, -0.15) is 5.26 Å². The molecule has 0 heterocycles. The molecule has 7 heteroatoms. The van der Waals surface area contributed by atoms with Gasteiger partial charge >= 0.3 is 5.97 Å². The van der Waals surface area contributed by atoms with Crippen LogP contribution in [0.25, 0.3) is 0 Å². The van der Waals surface area contributed by atoms with Crippen LogP contribution < -0.4 is 4.72 Å². The van der Waals surface area contributed by atoms with Crippen molar-refractivity contribution in [2.24, 2.45) is 0 Å². The fraction of sp³-hybridized carbons (Fsp3) is 0.333. The number of nitrogens with one attached hydrogen (secondary N) is 1. The van der Waals surface area contributed by atoms with Gasteiger partial charge in [-0.15, -0.1) is 0 Å². The zero-order valence-corrected chi connectivity index (χ0v) is 11.4. The topological polar surface area (TPSA) is 107 Å². The van der Waals surface area contributed by atoms with Crippen LogP contribution in [0.1, 0.15) is 29.3 Å². The first-order valence-corrected chi connectivity index (χ1v) is 7.00. The number of rotatable bonds is 5. The summed E-state index contributed by atoms with van der Waals surface area (Å²) in [4.78, 5) is 10.9. The van der Waals surface area contributed by atoms with Gasteiger partial charge in [0.15, 0.2) is 0 Å². The van der Waals surface area contributed by atoms with E-state index in [0.717, 1.165) is 0 Å². The highest BCUT2D eigenvalue weighted by atomic mass is 32.2. The molecule has 0 bridgehead atoms. The number of nitriles is 1. The predicted octanol–water partition coefficient (Wildman–Crippen LogP) is 1.27. The van der Waals surface area contributed by atoms with Gasteiger partial charge < -0.3 is 5.11 Å². The average Bonchev–Trinajstić information content (AvgIpc) is 2.27. The Labute approximate surface area is 111 Å². The third-order valence-corrected chi connectivity index (χ3v) is 4.29. The van der Waals surface area contributed by atoms with E-state index in [9.17, 15) is 13.2 Å². The van der Waals surface area contributed by atoms with Gasteiger partial charge in [0.25, 0.3) is 0 Å². The van der Waals surface area contributed by atoms with Crippen LogP contribution in [0.15, 0.2) is 23.1 Å². The molecule has 102 valence electrons. The Morgan fingerprint density at radius 3 is 2.68 bits per heavy atom. The Morgan fingerprint density at radius 2 is 2.16 bits per heavy atom. The van der Waals surface area contributed by atoms with Crippen LogP contribution in [0.5, 0.6) is 0 Å². The van der Waals surface area contributed by atoms with E-state index in [1.807, 2.05) is 6.07 Å². The van der Waals surface area contributed by atoms with E-state index in [0.29, 0.717) is 0 Å². The molecule has 2 N–H and O–H groups in total. The summed E-state index contributed by atoms with van der Waals surface area (Å²) in [5, 5.41) is 17.5. The monoisotopic (exact) mass is 282 g/mol. The van der Waals surface area contributed by atoms with Crippen LogP contribution in [0.3, 0.4) is 0 Å². The second kappa shape index (κ2) is 5.82. The van der Waals surface area contributed by atoms with Gasteiger partial charge in [0, 0.05) is 6.04 Å². The second-order valence-electron chi connectivity index (χ2n) is 4.12. The number of carboxylic acids is 1. The van der Waals surface area contributed by atoms with Crippen molar-refractivity contribution in [3.63, 3.8) is 0 Å². The minimum atomic E-state index is -3.83. The van der Waals surface area contributed by atoms with E-state index in [2.05, 4.69) is 4.72 Å². The molecule has 0 spiro atoms. The van der Waals surface area contributed by atoms with Gasteiger partial charge in [-0.3, -0.25) is 0 Å². The third kappa shape index (κ3) is 3.53. The summed E-state index contributed by atoms with van der Waals surface area (Å²) < 4.78 is 26.5. The summed E-state index contributed by atoms with van der Waals surface area (Å²) in [5.41, 5.74) is 0.113. The highest BCUT2D eigenvalue weighted by molar-refractivity contribution is 7.89. The lowest BCUT2D eigenvalue weighted by Gasteiger charge is -2.14. The van der Waals surface area contributed by atoms with Gasteiger partial charge in [0.1, 0.15) is 0 Å². The molecule has 0 amide bonds. The van der Waals surface area contributed by atoms with Gasteiger partial charge in [0.05, 0.1) is 22.9 Å². The van der Waals surface area contributed by atoms with Crippen LogP contribution in [-0.4, -0.2) is 25.5 Å². The number of hydrogen-bond acceptors (Lipinski definition) is 4. The lowest BCUT2D eigenvalue weighted by molar-refractivity contribution is 0.0696. The maximum atomic E-state index is 12.1. The molecule has 0 aliphatic carbocycles. The molecular weight excluding hydrogens is 268 g/mol. The molecule has 1 atom stereocenters. The second-order valence-corrected chi connectivity index (χ2v) is 5.80. The Kier molecular flexibility index (Phi) is 4.64. The molecule has 0 saturated carbocycles. The van der Waals surface area contributed by atoms with E-state index in [1.165, 1.54) is 25.1 Å². The Morgan fingerprint density at radius 1 is 1.53 bits per heavy atom. The number of nitrogens with zero attached hydrogens (tertiary/aromatic N) is 1. The van der Waals surface area contributed by atoms with Crippen molar-refractivity contribution in [3.05, 3.63) is 29.3 Å². The normalized spacial score (nSPS) is 12.7. The molecule has 1 unspecified atom stereocenters. The van der Waals surface area contributed by atoms with Crippen LogP contribution in [0.2, 0.25) is 0 Å². The molecule has 1 aromatic carbocycles. The number of sulfonamides is 1. The van der Waals surface area contributed by atoms with Crippen molar-refractivity contribution in [2.75, 3.05) is 0 Å². The van der Waals surface area contributed by atoms with E-state index in [4.69, 9.17) is 10.4 Å². The number of carboxylic acid groups (broad SMARTS) is 1. The van der Waals surface area contributed by atoms with Gasteiger partial charge in [-0.05, 0) is 31.5 Å². The molecule has 0 radical (unpaired) electrons. The number of benzene rings is 1. The van der Waals surface area contributed by atoms with E-state index < -0.39 is 22.0 Å². The van der Waals surface area contributed by atoms with Crippen LogP contribution in [-0.2, 0) is 10.0 Å². The SMILES string of the molecule is Cc1c(C(=O)O)cccc1S(=O)(=O)NC(C)CC#N. The van der Waals surface area contributed by atoms with Gasteiger partial charge in [-0.25, -0.2) is 17.9 Å². The molecular formula is C12H14N2O4S. The van der Waals surface area contributed by atoms with Crippen molar-refractivity contribution in [1.82, 2.24) is 4.72 Å². The van der Waals surface area contributed by atoms with Crippen molar-refractivity contribution < 1.29 is 18.3 Å². The lowest BCUT2D eigenvalue weighted by atomic mass is 10.1. The Balaban J connectivity index is 3.20. The summed E-state index contributed by atoms with van der Waals surface area (Å²) in [7, 11) is -3.83. The predicted molar refractivity (Wildman–Crippen MR) is 68.2 cm³/mol. The van der Waals surface area contributed by atoms with E-state index >= 15 is 0 Å². The van der Waals surface area contributed by atoms with Crippen LogP contribution in [0.4, 0.5) is 0 Å². The molecule has 0 saturated heterocycles. The first-order chi connectivity index (χ1) is 8.79. The quantitative estimate of drug-likeness (QED) is 0.845. The smallest absolute Gasteiger partial charge is 0.335 e. The highest BCUT2D eigenvalue weighted by Crippen LogP contribution is 2.19. The van der Waals surface area contributed by atoms with Crippen molar-refractivity contribution in [3.8, 4) is 6.07 Å². The molecule has 1 rings (SSSR count). The molecule has 0 fully saturated rings. The Hall–Kier alpha value is -1.91. The molecule has 0 aliphatic rings. The fourth-order valence-corrected chi connectivity index (χ4v) is 3.16. The molecule has 6 nitrogen and oxygen atoms in total. The largest absolute Gasteiger partial charge is 0.478 e. The van der Waals surface area contributed by atoms with Crippen molar-refractivity contribution >= 4 is 16.0 Å². The molecule has 0 aliphatic heterocycles. The van der Waals surface area contributed by atoms with Crippen molar-refractivity contribution in [1.29, 1.82) is 5.26 Å². The summed E-state index contributed by atoms with van der Waals surface area (Å²) >= 11 is 0. The minimum Gasteiger partial charge on any atom is -0.478 e. The Bertz CT molecular complexity index is 632. The average molecular weight is 282 g/mol. The first-order valence-electron chi connectivity index (χ1n) is 5.51. The zero-order valence-electron chi connectivity index (χ0n) is 10.5. The summed E-state index contributed by atoms with van der Waals surface area (Å²) in [6.45, 7) is 3.00. The zero-order chi connectivity index (χ0) is 14.6. The standard InChI is InChI=1S/C12H14N2O4S/c1-8(6-7-13)14-19(17,18)11-5-3-4-10(9(11)2)12(15)16/h3-5,8,14H,6H2,1-2H3,(H,15,16). The fourth-order valence-electron chi connectivity index (χ4n) is 1.64. The van der Waals surface area contributed by atoms with Crippen LogP contribution >= 0.6 is 0 Å². The highest BCUT2D eigenvalue weighted by Gasteiger charge is 2.22. The molecule has 19 heavy (non-hydrogen) atoms. The number of hydrogen-bond donors (Lipinski definition) is 2. The summed E-state index contributed by atoms with van der Waals surface area (Å²) in [6, 6.07) is 5.38. The van der Waals surface area contributed by atoms with Gasteiger partial charge in [0.2, 0.25) is 10.0 Å². The third-order valence-electron chi connectivity index (χ3n) is 2.56. The number of carbonyl (C=O) groups is 1. The first kappa shape index (κ1) is 15.1. The van der Waals surface area contributed by atoms with Gasteiger partial charge in [-0.1, -0.05) is 6.07 Å².